The summed E-state index contributed by atoms with van der Waals surface area (Å²) in [5.41, 5.74) is 0.818. The van der Waals surface area contributed by atoms with E-state index in [1.54, 1.807) is 12.1 Å². The number of aryl methyl sites for hydroxylation is 1. The van der Waals surface area contributed by atoms with Gasteiger partial charge in [-0.05, 0) is 18.6 Å². The maximum Gasteiger partial charge on any atom is 0.310 e. The van der Waals surface area contributed by atoms with Gasteiger partial charge >= 0.3 is 5.69 Å². The van der Waals surface area contributed by atoms with Crippen LogP contribution in [0.1, 0.15) is 5.56 Å². The Morgan fingerprint density at radius 2 is 2.00 bits per heavy atom. The fourth-order valence-corrected chi connectivity index (χ4v) is 1.28. The van der Waals surface area contributed by atoms with Crippen molar-refractivity contribution in [3.63, 3.8) is 0 Å². The van der Waals surface area contributed by atoms with E-state index in [0.717, 1.165) is 5.56 Å². The Labute approximate surface area is 99.2 Å². The highest BCUT2D eigenvalue weighted by molar-refractivity contribution is 5.48. The first kappa shape index (κ1) is 13.4. The number of methoxy groups -OCH3 is 2. The Balaban J connectivity index is 2.81. The summed E-state index contributed by atoms with van der Waals surface area (Å²) in [4.78, 5) is 10.3. The number of nitro benzene ring substituents is 1. The molecule has 17 heavy (non-hydrogen) atoms. The topological polar surface area (TPSA) is 70.8 Å². The molecule has 0 heterocycles. The fourth-order valence-electron chi connectivity index (χ4n) is 1.28. The fraction of sp³-hybridized carbons (Fsp3) is 0.455. The molecule has 94 valence electrons. The Hall–Kier alpha value is -1.66. The average Bonchev–Trinajstić information content (AvgIpc) is 2.30. The smallest absolute Gasteiger partial charge is 0.310 e. The number of nitro groups is 1. The van der Waals surface area contributed by atoms with Crippen molar-refractivity contribution in [2.45, 2.75) is 13.2 Å². The summed E-state index contributed by atoms with van der Waals surface area (Å²) in [5.74, 6) is 0.217. The van der Waals surface area contributed by atoms with Crippen LogP contribution in [0.5, 0.6) is 5.75 Å². The summed E-state index contributed by atoms with van der Waals surface area (Å²) in [5, 5.41) is 10.8. The van der Waals surface area contributed by atoms with Gasteiger partial charge in [0.25, 0.3) is 0 Å². The molecule has 6 nitrogen and oxygen atoms in total. The first-order chi connectivity index (χ1) is 8.08. The summed E-state index contributed by atoms with van der Waals surface area (Å²) >= 11 is 0. The van der Waals surface area contributed by atoms with E-state index in [4.69, 9.17) is 14.2 Å². The summed E-state index contributed by atoms with van der Waals surface area (Å²) in [7, 11) is 2.95. The number of rotatable bonds is 6. The molecule has 0 bridgehead atoms. The van der Waals surface area contributed by atoms with Gasteiger partial charge in [-0.25, -0.2) is 0 Å². The monoisotopic (exact) mass is 241 g/mol. The number of hydrogen-bond acceptors (Lipinski definition) is 5. The Morgan fingerprint density at radius 1 is 1.35 bits per heavy atom. The molecule has 0 saturated heterocycles. The van der Waals surface area contributed by atoms with E-state index in [1.807, 2.05) is 6.92 Å². The van der Waals surface area contributed by atoms with E-state index in [-0.39, 0.29) is 18.0 Å². The van der Waals surface area contributed by atoms with Crippen LogP contribution in [0.3, 0.4) is 0 Å². The lowest BCUT2D eigenvalue weighted by Crippen LogP contribution is -2.22. The predicted molar refractivity (Wildman–Crippen MR) is 61.1 cm³/mol. The molecule has 1 rings (SSSR count). The number of nitrogens with zero attached hydrogens (tertiary/aromatic N) is 1. The van der Waals surface area contributed by atoms with Gasteiger partial charge in [-0.1, -0.05) is 6.07 Å². The molecule has 1 aromatic carbocycles. The van der Waals surface area contributed by atoms with Crippen LogP contribution in [0.4, 0.5) is 5.69 Å². The first-order valence-corrected chi connectivity index (χ1v) is 5.02. The van der Waals surface area contributed by atoms with Crippen LogP contribution in [-0.4, -0.2) is 32.0 Å². The standard InChI is InChI=1S/C11H15NO5/c1-8-4-5-9(12(13)14)10(6-8)17-7-11(15-2)16-3/h4-6,11H,7H2,1-3H3. The SMILES string of the molecule is COC(COc1cc(C)ccc1[N+](=O)[O-])OC. The van der Waals surface area contributed by atoms with Gasteiger partial charge in [0.1, 0.15) is 6.61 Å². The molecule has 0 aliphatic rings. The van der Waals surface area contributed by atoms with E-state index in [1.165, 1.54) is 20.3 Å². The molecule has 6 heteroatoms. The van der Waals surface area contributed by atoms with Crippen LogP contribution < -0.4 is 4.74 Å². The second-order valence-electron chi connectivity index (χ2n) is 3.44. The third-order valence-electron chi connectivity index (χ3n) is 2.21. The number of benzene rings is 1. The quantitative estimate of drug-likeness (QED) is 0.432. The van der Waals surface area contributed by atoms with Crippen molar-refractivity contribution in [1.82, 2.24) is 0 Å². The van der Waals surface area contributed by atoms with E-state index < -0.39 is 11.2 Å². The average molecular weight is 241 g/mol. The second-order valence-corrected chi connectivity index (χ2v) is 3.44. The van der Waals surface area contributed by atoms with Crippen molar-refractivity contribution in [2.75, 3.05) is 20.8 Å². The minimum Gasteiger partial charge on any atom is -0.481 e. The normalized spacial score (nSPS) is 10.6. The lowest BCUT2D eigenvalue weighted by molar-refractivity contribution is -0.386. The maximum atomic E-state index is 10.8. The van der Waals surface area contributed by atoms with Crippen LogP contribution in [0.2, 0.25) is 0 Å². The van der Waals surface area contributed by atoms with Crippen molar-refractivity contribution in [3.8, 4) is 5.75 Å². The number of ether oxygens (including phenoxy) is 3. The molecule has 0 aliphatic carbocycles. The van der Waals surface area contributed by atoms with Crippen molar-refractivity contribution in [2.24, 2.45) is 0 Å². The molecule has 1 aromatic rings. The van der Waals surface area contributed by atoms with Gasteiger partial charge < -0.3 is 14.2 Å². The largest absolute Gasteiger partial charge is 0.481 e. The van der Waals surface area contributed by atoms with Gasteiger partial charge in [0.05, 0.1) is 4.92 Å². The molecule has 0 atom stereocenters. The van der Waals surface area contributed by atoms with E-state index in [2.05, 4.69) is 0 Å². The Bertz CT molecular complexity index is 389. The van der Waals surface area contributed by atoms with E-state index in [0.29, 0.717) is 0 Å². The molecular weight excluding hydrogens is 226 g/mol. The van der Waals surface area contributed by atoms with E-state index in [9.17, 15) is 10.1 Å². The minimum absolute atomic E-state index is 0.0680. The van der Waals surface area contributed by atoms with Crippen molar-refractivity contribution >= 4 is 5.69 Å². The van der Waals surface area contributed by atoms with Crippen LogP contribution in [-0.2, 0) is 9.47 Å². The van der Waals surface area contributed by atoms with Crippen molar-refractivity contribution in [1.29, 1.82) is 0 Å². The van der Waals surface area contributed by atoms with Gasteiger partial charge in [-0.15, -0.1) is 0 Å². The molecule has 0 fully saturated rings. The molecule has 0 radical (unpaired) electrons. The Morgan fingerprint density at radius 3 is 2.53 bits per heavy atom. The highest BCUT2D eigenvalue weighted by Gasteiger charge is 2.16. The van der Waals surface area contributed by atoms with Crippen LogP contribution >= 0.6 is 0 Å². The Kier molecular flexibility index (Phi) is 4.86. The summed E-state index contributed by atoms with van der Waals surface area (Å²) in [6.45, 7) is 1.93. The molecular formula is C11H15NO5. The molecule has 0 amide bonds. The molecule has 0 spiro atoms. The van der Waals surface area contributed by atoms with Crippen LogP contribution in [0.25, 0.3) is 0 Å². The zero-order valence-electron chi connectivity index (χ0n) is 10.0. The summed E-state index contributed by atoms with van der Waals surface area (Å²) < 4.78 is 15.2. The highest BCUT2D eigenvalue weighted by atomic mass is 16.7. The molecule has 0 aliphatic heterocycles. The lowest BCUT2D eigenvalue weighted by Gasteiger charge is -2.14. The summed E-state index contributed by atoms with van der Waals surface area (Å²) in [6.07, 6.45) is -0.546. The molecule has 0 aromatic heterocycles. The molecule has 0 N–H and O–H groups in total. The molecule has 0 unspecified atom stereocenters. The minimum atomic E-state index is -0.546. The third-order valence-corrected chi connectivity index (χ3v) is 2.21. The zero-order chi connectivity index (χ0) is 12.8. The third kappa shape index (κ3) is 3.69. The number of hydrogen-bond donors (Lipinski definition) is 0. The van der Waals surface area contributed by atoms with E-state index >= 15 is 0 Å². The van der Waals surface area contributed by atoms with Gasteiger partial charge in [-0.3, -0.25) is 10.1 Å². The maximum absolute atomic E-state index is 10.8. The highest BCUT2D eigenvalue weighted by Crippen LogP contribution is 2.27. The van der Waals surface area contributed by atoms with Crippen molar-refractivity contribution < 1.29 is 19.1 Å². The lowest BCUT2D eigenvalue weighted by atomic mass is 10.2. The van der Waals surface area contributed by atoms with Gasteiger partial charge in [0.2, 0.25) is 0 Å². The first-order valence-electron chi connectivity index (χ1n) is 5.02. The van der Waals surface area contributed by atoms with Crippen LogP contribution in [0, 0.1) is 17.0 Å². The van der Waals surface area contributed by atoms with Gasteiger partial charge in [-0.2, -0.15) is 0 Å². The van der Waals surface area contributed by atoms with Crippen molar-refractivity contribution in [3.05, 3.63) is 33.9 Å². The van der Waals surface area contributed by atoms with Gasteiger partial charge in [0, 0.05) is 20.3 Å². The zero-order valence-corrected chi connectivity index (χ0v) is 10.0. The van der Waals surface area contributed by atoms with Crippen LogP contribution in [0.15, 0.2) is 18.2 Å². The molecule has 0 saturated carbocycles. The summed E-state index contributed by atoms with van der Waals surface area (Å²) in [6, 6.07) is 4.69. The predicted octanol–water partition coefficient (Wildman–Crippen LogP) is 1.90. The second kappa shape index (κ2) is 6.17. The van der Waals surface area contributed by atoms with Gasteiger partial charge in [0.15, 0.2) is 12.0 Å².